The number of carbonyl (C=O) groups excluding carboxylic acids is 2. The normalized spacial score (nSPS) is 10.9. The first-order chi connectivity index (χ1) is 11.2. The Morgan fingerprint density at radius 3 is 1.96 bits per heavy atom. The first-order valence-corrected chi connectivity index (χ1v) is 7.51. The third-order valence-corrected chi connectivity index (χ3v) is 3.32. The van der Waals surface area contributed by atoms with Crippen LogP contribution < -0.4 is 10.6 Å². The van der Waals surface area contributed by atoms with Crippen LogP contribution in [-0.4, -0.2) is 24.9 Å². The van der Waals surface area contributed by atoms with Crippen molar-refractivity contribution in [1.82, 2.24) is 10.6 Å². The van der Waals surface area contributed by atoms with E-state index in [2.05, 4.69) is 10.6 Å². The fourth-order valence-electron chi connectivity index (χ4n) is 2.09. The summed E-state index contributed by atoms with van der Waals surface area (Å²) in [6, 6.07) is 18.7. The standard InChI is InChI=1S/C19H20N2O2/c1-15(16-8-4-2-5-9-16)14-18(22)20-12-13-21-19(23)17-10-6-3-7-11-17/h2-11,14H,12-13H2,1H3,(H,20,22)(H,21,23)/b15-14+. The predicted octanol–water partition coefficient (Wildman–Crippen LogP) is 2.64. The predicted molar refractivity (Wildman–Crippen MR) is 91.9 cm³/mol. The first-order valence-electron chi connectivity index (χ1n) is 7.51. The minimum atomic E-state index is -0.166. The van der Waals surface area contributed by atoms with Crippen molar-refractivity contribution >= 4 is 17.4 Å². The first kappa shape index (κ1) is 16.5. The Morgan fingerprint density at radius 2 is 1.35 bits per heavy atom. The number of rotatable bonds is 6. The van der Waals surface area contributed by atoms with Gasteiger partial charge in [-0.2, -0.15) is 0 Å². The van der Waals surface area contributed by atoms with E-state index in [1.54, 1.807) is 18.2 Å². The van der Waals surface area contributed by atoms with Crippen molar-refractivity contribution in [3.8, 4) is 0 Å². The average Bonchev–Trinajstić information content (AvgIpc) is 2.60. The number of hydrogen-bond acceptors (Lipinski definition) is 2. The quantitative estimate of drug-likeness (QED) is 0.636. The van der Waals surface area contributed by atoms with Gasteiger partial charge in [0, 0.05) is 24.7 Å². The molecule has 0 fully saturated rings. The van der Waals surface area contributed by atoms with Crippen LogP contribution in [0.4, 0.5) is 0 Å². The molecule has 4 heteroatoms. The van der Waals surface area contributed by atoms with Gasteiger partial charge in [-0.15, -0.1) is 0 Å². The molecule has 0 aliphatic heterocycles. The van der Waals surface area contributed by atoms with E-state index in [4.69, 9.17) is 0 Å². The van der Waals surface area contributed by atoms with Crippen LogP contribution >= 0.6 is 0 Å². The zero-order chi connectivity index (χ0) is 16.5. The number of amides is 2. The lowest BCUT2D eigenvalue weighted by Crippen LogP contribution is -2.34. The lowest BCUT2D eigenvalue weighted by Gasteiger charge is -2.06. The molecule has 0 saturated heterocycles. The Balaban J connectivity index is 1.74. The SMILES string of the molecule is C/C(=C\C(=O)NCCNC(=O)c1ccccc1)c1ccccc1. The fourth-order valence-corrected chi connectivity index (χ4v) is 2.09. The van der Waals surface area contributed by atoms with Crippen LogP contribution in [0, 0.1) is 0 Å². The van der Waals surface area contributed by atoms with E-state index in [1.807, 2.05) is 55.5 Å². The van der Waals surface area contributed by atoms with Crippen LogP contribution in [0.15, 0.2) is 66.7 Å². The van der Waals surface area contributed by atoms with Crippen molar-refractivity contribution < 1.29 is 9.59 Å². The van der Waals surface area contributed by atoms with Gasteiger partial charge < -0.3 is 10.6 Å². The number of hydrogen-bond donors (Lipinski definition) is 2. The molecule has 0 saturated carbocycles. The monoisotopic (exact) mass is 308 g/mol. The number of nitrogens with one attached hydrogen (secondary N) is 2. The highest BCUT2D eigenvalue weighted by atomic mass is 16.2. The molecule has 2 rings (SSSR count). The molecule has 118 valence electrons. The van der Waals surface area contributed by atoms with Crippen molar-refractivity contribution in [2.24, 2.45) is 0 Å². The van der Waals surface area contributed by atoms with Gasteiger partial charge in [-0.05, 0) is 30.2 Å². The van der Waals surface area contributed by atoms with Crippen molar-refractivity contribution in [2.45, 2.75) is 6.92 Å². The van der Waals surface area contributed by atoms with E-state index >= 15 is 0 Å². The highest BCUT2D eigenvalue weighted by Crippen LogP contribution is 2.11. The van der Waals surface area contributed by atoms with Crippen molar-refractivity contribution in [3.05, 3.63) is 77.9 Å². The molecular weight excluding hydrogens is 288 g/mol. The average molecular weight is 308 g/mol. The summed E-state index contributed by atoms with van der Waals surface area (Å²) in [5.41, 5.74) is 2.52. The number of carbonyl (C=O) groups is 2. The second kappa shape index (κ2) is 8.54. The molecule has 23 heavy (non-hydrogen) atoms. The molecule has 4 nitrogen and oxygen atoms in total. The highest BCUT2D eigenvalue weighted by Gasteiger charge is 2.04. The van der Waals surface area contributed by atoms with Gasteiger partial charge in [0.15, 0.2) is 0 Å². The van der Waals surface area contributed by atoms with Gasteiger partial charge in [0.25, 0.3) is 5.91 Å². The van der Waals surface area contributed by atoms with Crippen molar-refractivity contribution in [1.29, 1.82) is 0 Å². The Hall–Kier alpha value is -2.88. The summed E-state index contributed by atoms with van der Waals surface area (Å²) >= 11 is 0. The maximum Gasteiger partial charge on any atom is 0.251 e. The third-order valence-electron chi connectivity index (χ3n) is 3.32. The molecule has 0 atom stereocenters. The molecule has 2 aromatic rings. The van der Waals surface area contributed by atoms with E-state index in [0.29, 0.717) is 18.7 Å². The van der Waals surface area contributed by atoms with Crippen LogP contribution in [0.1, 0.15) is 22.8 Å². The summed E-state index contributed by atoms with van der Waals surface area (Å²) < 4.78 is 0. The van der Waals surface area contributed by atoms with E-state index in [1.165, 1.54) is 0 Å². The number of allylic oxidation sites excluding steroid dienone is 1. The van der Waals surface area contributed by atoms with Crippen molar-refractivity contribution in [2.75, 3.05) is 13.1 Å². The minimum absolute atomic E-state index is 0.143. The molecule has 0 aliphatic rings. The van der Waals surface area contributed by atoms with Crippen LogP contribution in [-0.2, 0) is 4.79 Å². The minimum Gasteiger partial charge on any atom is -0.351 e. The van der Waals surface area contributed by atoms with Gasteiger partial charge in [0.2, 0.25) is 5.91 Å². The van der Waals surface area contributed by atoms with Gasteiger partial charge in [0.1, 0.15) is 0 Å². The van der Waals surface area contributed by atoms with E-state index in [9.17, 15) is 9.59 Å². The van der Waals surface area contributed by atoms with Crippen LogP contribution in [0.2, 0.25) is 0 Å². The summed E-state index contributed by atoms with van der Waals surface area (Å²) in [5, 5.41) is 5.53. The summed E-state index contributed by atoms with van der Waals surface area (Å²) in [6.45, 7) is 2.67. The lowest BCUT2D eigenvalue weighted by atomic mass is 10.1. The van der Waals surface area contributed by atoms with E-state index in [0.717, 1.165) is 11.1 Å². The molecule has 0 spiro atoms. The smallest absolute Gasteiger partial charge is 0.251 e. The molecule has 0 aromatic heterocycles. The second-order valence-corrected chi connectivity index (χ2v) is 5.11. The summed E-state index contributed by atoms with van der Waals surface area (Å²) in [6.07, 6.45) is 1.56. The van der Waals surface area contributed by atoms with Crippen LogP contribution in [0.5, 0.6) is 0 Å². The molecular formula is C19H20N2O2. The Morgan fingerprint density at radius 1 is 0.826 bits per heavy atom. The van der Waals surface area contributed by atoms with Crippen LogP contribution in [0.25, 0.3) is 5.57 Å². The van der Waals surface area contributed by atoms with Gasteiger partial charge in [-0.3, -0.25) is 9.59 Å². The molecule has 0 aliphatic carbocycles. The summed E-state index contributed by atoms with van der Waals surface area (Å²) in [5.74, 6) is -0.309. The zero-order valence-electron chi connectivity index (χ0n) is 13.1. The molecule has 2 aromatic carbocycles. The van der Waals surface area contributed by atoms with E-state index in [-0.39, 0.29) is 11.8 Å². The van der Waals surface area contributed by atoms with Crippen molar-refractivity contribution in [3.63, 3.8) is 0 Å². The number of benzene rings is 2. The van der Waals surface area contributed by atoms with Gasteiger partial charge >= 0.3 is 0 Å². The maximum absolute atomic E-state index is 11.8. The molecule has 2 amide bonds. The molecule has 2 N–H and O–H groups in total. The lowest BCUT2D eigenvalue weighted by molar-refractivity contribution is -0.116. The largest absolute Gasteiger partial charge is 0.351 e. The second-order valence-electron chi connectivity index (χ2n) is 5.11. The molecule has 0 heterocycles. The summed E-state index contributed by atoms with van der Waals surface area (Å²) in [4.78, 5) is 23.7. The third kappa shape index (κ3) is 5.43. The molecule has 0 bridgehead atoms. The Labute approximate surface area is 136 Å². The maximum atomic E-state index is 11.8. The van der Waals surface area contributed by atoms with Gasteiger partial charge in [0.05, 0.1) is 0 Å². The fraction of sp³-hybridized carbons (Fsp3) is 0.158. The van der Waals surface area contributed by atoms with Crippen LogP contribution in [0.3, 0.4) is 0 Å². The topological polar surface area (TPSA) is 58.2 Å². The van der Waals surface area contributed by atoms with E-state index < -0.39 is 0 Å². The summed E-state index contributed by atoms with van der Waals surface area (Å²) in [7, 11) is 0. The zero-order valence-corrected chi connectivity index (χ0v) is 13.1. The van der Waals surface area contributed by atoms with Gasteiger partial charge in [-0.25, -0.2) is 0 Å². The Kier molecular flexibility index (Phi) is 6.12. The molecule has 0 radical (unpaired) electrons. The Bertz CT molecular complexity index is 679. The highest BCUT2D eigenvalue weighted by molar-refractivity contribution is 5.95. The van der Waals surface area contributed by atoms with Gasteiger partial charge in [-0.1, -0.05) is 48.5 Å². The molecule has 0 unspecified atom stereocenters.